The molecule has 0 amide bonds. The van der Waals surface area contributed by atoms with Crippen LogP contribution in [0.15, 0.2) is 24.3 Å². The highest BCUT2D eigenvalue weighted by Gasteiger charge is 2.23. The fourth-order valence-corrected chi connectivity index (χ4v) is 1.97. The lowest BCUT2D eigenvalue weighted by Gasteiger charge is -2.08. The van der Waals surface area contributed by atoms with Crippen molar-refractivity contribution in [3.05, 3.63) is 35.4 Å². The predicted octanol–water partition coefficient (Wildman–Crippen LogP) is 1.54. The van der Waals surface area contributed by atoms with E-state index in [1.807, 2.05) is 31.2 Å². The first-order valence-corrected chi connectivity index (χ1v) is 7.03. The molecule has 0 spiro atoms. The van der Waals surface area contributed by atoms with Crippen LogP contribution in [0.5, 0.6) is 0 Å². The van der Waals surface area contributed by atoms with Gasteiger partial charge in [-0.25, -0.2) is 8.42 Å². The van der Waals surface area contributed by atoms with Crippen LogP contribution >= 0.6 is 0 Å². The first kappa shape index (κ1) is 12.9. The minimum atomic E-state index is -3.28. The maximum Gasteiger partial charge on any atom is 0.157 e. The smallest absolute Gasteiger partial charge is 0.157 e. The maximum absolute atomic E-state index is 11.7. The Bertz CT molecular complexity index is 489. The number of aryl methyl sites for hydroxylation is 1. The maximum atomic E-state index is 11.7. The summed E-state index contributed by atoms with van der Waals surface area (Å²) < 4.78 is 22.4. The molecule has 0 bridgehead atoms. The van der Waals surface area contributed by atoms with Crippen LogP contribution in [-0.4, -0.2) is 25.7 Å². The van der Waals surface area contributed by atoms with Gasteiger partial charge in [-0.15, -0.1) is 0 Å². The quantitative estimate of drug-likeness (QED) is 0.802. The van der Waals surface area contributed by atoms with E-state index in [0.717, 1.165) is 17.4 Å². The van der Waals surface area contributed by atoms with E-state index in [1.54, 1.807) is 0 Å². The summed E-state index contributed by atoms with van der Waals surface area (Å²) in [6.07, 6.45) is 1.27. The topological polar surface area (TPSA) is 51.2 Å². The van der Waals surface area contributed by atoms with E-state index in [0.29, 0.717) is 0 Å². The molecule has 0 radical (unpaired) electrons. The van der Waals surface area contributed by atoms with E-state index in [-0.39, 0.29) is 12.2 Å². The monoisotopic (exact) mass is 240 g/mol. The van der Waals surface area contributed by atoms with Crippen molar-refractivity contribution in [1.82, 2.24) is 0 Å². The van der Waals surface area contributed by atoms with Gasteiger partial charge in [-0.2, -0.15) is 0 Å². The third-order valence-electron chi connectivity index (χ3n) is 2.56. The number of carbonyl (C=O) groups is 1. The summed E-state index contributed by atoms with van der Waals surface area (Å²) in [4.78, 5) is 11.7. The number of benzene rings is 1. The van der Waals surface area contributed by atoms with Gasteiger partial charge in [-0.05, 0) is 19.4 Å². The molecular formula is C12H16O3S. The normalized spacial score (nSPS) is 13.4. The van der Waals surface area contributed by atoms with E-state index in [2.05, 4.69) is 0 Å². The van der Waals surface area contributed by atoms with Gasteiger partial charge in [0, 0.05) is 12.7 Å². The van der Waals surface area contributed by atoms with Gasteiger partial charge in [-0.1, -0.05) is 29.8 Å². The number of ketones is 1. The largest absolute Gasteiger partial charge is 0.298 e. The molecule has 16 heavy (non-hydrogen) atoms. The number of carbonyl (C=O) groups excluding carboxylic acids is 1. The number of hydrogen-bond donors (Lipinski definition) is 0. The lowest BCUT2D eigenvalue weighted by atomic mass is 10.1. The Labute approximate surface area is 96.4 Å². The molecule has 0 saturated heterocycles. The van der Waals surface area contributed by atoms with Crippen LogP contribution in [0.1, 0.15) is 18.1 Å². The molecule has 0 aliphatic heterocycles. The average molecular weight is 240 g/mol. The molecule has 1 unspecified atom stereocenters. The molecule has 1 atom stereocenters. The molecule has 1 rings (SSSR count). The number of Topliss-reactive ketones (excluding diaryl/α,β-unsaturated/α-hetero) is 1. The van der Waals surface area contributed by atoms with Crippen molar-refractivity contribution in [1.29, 1.82) is 0 Å². The highest BCUT2D eigenvalue weighted by atomic mass is 32.2. The van der Waals surface area contributed by atoms with Crippen molar-refractivity contribution < 1.29 is 13.2 Å². The minimum absolute atomic E-state index is 0.177. The zero-order valence-electron chi connectivity index (χ0n) is 9.73. The molecule has 3 nitrogen and oxygen atoms in total. The summed E-state index contributed by atoms with van der Waals surface area (Å²) in [5.74, 6) is -0.256. The van der Waals surface area contributed by atoms with E-state index >= 15 is 0 Å². The van der Waals surface area contributed by atoms with Gasteiger partial charge in [0.15, 0.2) is 15.6 Å². The number of sulfone groups is 1. The zero-order chi connectivity index (χ0) is 12.3. The Hall–Kier alpha value is -1.16. The van der Waals surface area contributed by atoms with Gasteiger partial charge in [0.05, 0.1) is 0 Å². The molecule has 0 aliphatic rings. The van der Waals surface area contributed by atoms with E-state index < -0.39 is 15.1 Å². The SMILES string of the molecule is Cc1cccc(CC(=O)C(C)S(C)(=O)=O)c1. The average Bonchev–Trinajstić information content (AvgIpc) is 2.15. The second kappa shape index (κ2) is 4.78. The van der Waals surface area contributed by atoms with Crippen LogP contribution < -0.4 is 0 Å². The first-order valence-electron chi connectivity index (χ1n) is 5.08. The van der Waals surface area contributed by atoms with Crippen LogP contribution in [-0.2, 0) is 21.1 Å². The second-order valence-corrected chi connectivity index (χ2v) is 6.47. The van der Waals surface area contributed by atoms with Crippen LogP contribution in [0.3, 0.4) is 0 Å². The molecule has 1 aromatic carbocycles. The fraction of sp³-hybridized carbons (Fsp3) is 0.417. The fourth-order valence-electron chi connectivity index (χ4n) is 1.41. The summed E-state index contributed by atoms with van der Waals surface area (Å²) in [5, 5.41) is -0.923. The third-order valence-corrected chi connectivity index (χ3v) is 4.10. The molecule has 1 aromatic rings. The van der Waals surface area contributed by atoms with Gasteiger partial charge in [0.25, 0.3) is 0 Å². The van der Waals surface area contributed by atoms with E-state index in [4.69, 9.17) is 0 Å². The molecule has 0 aliphatic carbocycles. The summed E-state index contributed by atoms with van der Waals surface area (Å²) in [6.45, 7) is 3.38. The minimum Gasteiger partial charge on any atom is -0.298 e. The predicted molar refractivity (Wildman–Crippen MR) is 64.2 cm³/mol. The summed E-state index contributed by atoms with van der Waals surface area (Å²) in [7, 11) is -3.28. The van der Waals surface area contributed by atoms with Crippen LogP contribution in [0.2, 0.25) is 0 Å². The van der Waals surface area contributed by atoms with E-state index in [1.165, 1.54) is 6.92 Å². The third kappa shape index (κ3) is 3.45. The number of rotatable bonds is 4. The molecule has 0 fully saturated rings. The van der Waals surface area contributed by atoms with Gasteiger partial charge < -0.3 is 0 Å². The Kier molecular flexibility index (Phi) is 3.86. The standard InChI is InChI=1S/C12H16O3S/c1-9-5-4-6-11(7-9)8-12(13)10(2)16(3,14)15/h4-7,10H,8H2,1-3H3. The van der Waals surface area contributed by atoms with Crippen molar-refractivity contribution in [3.63, 3.8) is 0 Å². The van der Waals surface area contributed by atoms with Crippen LogP contribution in [0, 0.1) is 6.92 Å². The van der Waals surface area contributed by atoms with Crippen molar-refractivity contribution in [2.45, 2.75) is 25.5 Å². The summed E-state index contributed by atoms with van der Waals surface area (Å²) >= 11 is 0. The van der Waals surface area contributed by atoms with Crippen LogP contribution in [0.4, 0.5) is 0 Å². The van der Waals surface area contributed by atoms with Gasteiger partial charge in [0.2, 0.25) is 0 Å². The Balaban J connectivity index is 2.80. The molecule has 0 aromatic heterocycles. The Morgan fingerprint density at radius 3 is 2.50 bits per heavy atom. The second-order valence-electron chi connectivity index (χ2n) is 4.10. The molecule has 0 saturated carbocycles. The highest BCUT2D eigenvalue weighted by Crippen LogP contribution is 2.09. The zero-order valence-corrected chi connectivity index (χ0v) is 10.5. The van der Waals surface area contributed by atoms with E-state index in [9.17, 15) is 13.2 Å². The summed E-state index contributed by atoms with van der Waals surface area (Å²) in [6, 6.07) is 7.53. The van der Waals surface area contributed by atoms with Crippen molar-refractivity contribution in [3.8, 4) is 0 Å². The van der Waals surface area contributed by atoms with Gasteiger partial charge in [-0.3, -0.25) is 4.79 Å². The van der Waals surface area contributed by atoms with Crippen molar-refractivity contribution in [2.75, 3.05) is 6.26 Å². The Morgan fingerprint density at radius 2 is 2.00 bits per heavy atom. The molecule has 88 valence electrons. The lowest BCUT2D eigenvalue weighted by Crippen LogP contribution is -2.27. The lowest BCUT2D eigenvalue weighted by molar-refractivity contribution is -0.117. The van der Waals surface area contributed by atoms with Crippen molar-refractivity contribution >= 4 is 15.6 Å². The summed E-state index contributed by atoms with van der Waals surface area (Å²) in [5.41, 5.74) is 1.93. The number of hydrogen-bond acceptors (Lipinski definition) is 3. The molecule has 0 heterocycles. The van der Waals surface area contributed by atoms with Crippen LogP contribution in [0.25, 0.3) is 0 Å². The van der Waals surface area contributed by atoms with Crippen molar-refractivity contribution in [2.24, 2.45) is 0 Å². The molecular weight excluding hydrogens is 224 g/mol. The molecule has 0 N–H and O–H groups in total. The van der Waals surface area contributed by atoms with Gasteiger partial charge in [0.1, 0.15) is 5.25 Å². The molecule has 4 heteroatoms. The Morgan fingerprint density at radius 1 is 1.38 bits per heavy atom. The highest BCUT2D eigenvalue weighted by molar-refractivity contribution is 7.92. The first-order chi connectivity index (χ1) is 7.30. The van der Waals surface area contributed by atoms with Gasteiger partial charge >= 0.3 is 0 Å².